The molecule has 4 rings (SSSR count). The van der Waals surface area contributed by atoms with Crippen molar-refractivity contribution in [3.8, 4) is 16.4 Å². The Morgan fingerprint density at radius 2 is 2.07 bits per heavy atom. The summed E-state index contributed by atoms with van der Waals surface area (Å²) in [5.74, 6) is -0.0172. The molecule has 156 valence electrons. The van der Waals surface area contributed by atoms with Gasteiger partial charge in [0.1, 0.15) is 5.82 Å². The van der Waals surface area contributed by atoms with E-state index in [0.717, 1.165) is 17.7 Å². The van der Waals surface area contributed by atoms with E-state index in [2.05, 4.69) is 15.4 Å². The fourth-order valence-electron chi connectivity index (χ4n) is 3.48. The van der Waals surface area contributed by atoms with Crippen molar-refractivity contribution in [2.45, 2.75) is 32.2 Å². The Kier molecular flexibility index (Phi) is 5.89. The summed E-state index contributed by atoms with van der Waals surface area (Å²) in [7, 11) is 0. The van der Waals surface area contributed by atoms with E-state index in [0.29, 0.717) is 31.0 Å². The molecular formula is C21H22FN5O2S. The summed E-state index contributed by atoms with van der Waals surface area (Å²) < 4.78 is 14.9. The van der Waals surface area contributed by atoms with Gasteiger partial charge in [-0.1, -0.05) is 13.0 Å². The molecule has 0 saturated carbocycles. The predicted octanol–water partition coefficient (Wildman–Crippen LogP) is 3.27. The van der Waals surface area contributed by atoms with E-state index in [-0.39, 0.29) is 29.5 Å². The van der Waals surface area contributed by atoms with Gasteiger partial charge in [-0.3, -0.25) is 9.59 Å². The molecule has 1 saturated heterocycles. The van der Waals surface area contributed by atoms with Crippen LogP contribution in [0.15, 0.2) is 41.8 Å². The highest BCUT2D eigenvalue weighted by Gasteiger charge is 2.29. The summed E-state index contributed by atoms with van der Waals surface area (Å²) in [6.45, 7) is 2.83. The highest BCUT2D eigenvalue weighted by atomic mass is 32.1. The minimum Gasteiger partial charge on any atom is -0.352 e. The van der Waals surface area contributed by atoms with Gasteiger partial charge in [-0.05, 0) is 48.6 Å². The van der Waals surface area contributed by atoms with E-state index in [1.54, 1.807) is 28.6 Å². The van der Waals surface area contributed by atoms with Crippen LogP contribution in [0.5, 0.6) is 0 Å². The molecule has 1 atom stereocenters. The average Bonchev–Trinajstić information content (AvgIpc) is 3.44. The van der Waals surface area contributed by atoms with Crippen LogP contribution in [0.1, 0.15) is 36.8 Å². The van der Waals surface area contributed by atoms with E-state index in [1.165, 1.54) is 23.5 Å². The first-order valence-corrected chi connectivity index (χ1v) is 10.8. The number of hydrogen-bond acceptors (Lipinski definition) is 5. The van der Waals surface area contributed by atoms with Gasteiger partial charge in [0, 0.05) is 25.6 Å². The van der Waals surface area contributed by atoms with Gasteiger partial charge in [-0.2, -0.15) is 0 Å². The highest BCUT2D eigenvalue weighted by Crippen LogP contribution is 2.26. The maximum Gasteiger partial charge on any atom is 0.293 e. The summed E-state index contributed by atoms with van der Waals surface area (Å²) in [6, 6.07) is 9.65. The number of nitrogens with one attached hydrogen (secondary N) is 1. The maximum atomic E-state index is 13.4. The molecule has 0 spiro atoms. The summed E-state index contributed by atoms with van der Waals surface area (Å²) in [5, 5.41) is 9.34. The molecule has 3 aromatic rings. The number of carbonyl (C=O) groups is 2. The van der Waals surface area contributed by atoms with Crippen molar-refractivity contribution >= 4 is 23.2 Å². The number of aromatic nitrogens is 3. The first-order chi connectivity index (χ1) is 14.5. The molecule has 3 heterocycles. The Hall–Kier alpha value is -3.07. The Balaban J connectivity index is 1.62. The van der Waals surface area contributed by atoms with Crippen molar-refractivity contribution in [2.24, 2.45) is 0 Å². The van der Waals surface area contributed by atoms with E-state index in [9.17, 15) is 14.0 Å². The minimum absolute atomic E-state index is 0.0204. The van der Waals surface area contributed by atoms with Crippen molar-refractivity contribution in [1.29, 1.82) is 0 Å². The lowest BCUT2D eigenvalue weighted by molar-refractivity contribution is -0.121. The van der Waals surface area contributed by atoms with Crippen LogP contribution in [-0.4, -0.2) is 50.6 Å². The molecule has 2 amide bonds. The molecule has 1 fully saturated rings. The van der Waals surface area contributed by atoms with Gasteiger partial charge in [-0.25, -0.2) is 14.1 Å². The molecule has 1 aliphatic heterocycles. The van der Waals surface area contributed by atoms with Crippen LogP contribution >= 0.6 is 11.3 Å². The zero-order valence-corrected chi connectivity index (χ0v) is 17.4. The van der Waals surface area contributed by atoms with Gasteiger partial charge in [0.15, 0.2) is 5.82 Å². The van der Waals surface area contributed by atoms with E-state index in [4.69, 9.17) is 0 Å². The van der Waals surface area contributed by atoms with Crippen molar-refractivity contribution in [1.82, 2.24) is 25.0 Å². The third kappa shape index (κ3) is 4.25. The minimum atomic E-state index is -0.346. The van der Waals surface area contributed by atoms with Gasteiger partial charge in [-0.15, -0.1) is 16.4 Å². The quantitative estimate of drug-likeness (QED) is 0.678. The lowest BCUT2D eigenvalue weighted by Crippen LogP contribution is -2.49. The fourth-order valence-corrected chi connectivity index (χ4v) is 4.18. The van der Waals surface area contributed by atoms with Crippen LogP contribution in [-0.2, 0) is 4.79 Å². The molecule has 7 nitrogen and oxygen atoms in total. The van der Waals surface area contributed by atoms with E-state index >= 15 is 0 Å². The monoisotopic (exact) mass is 427 g/mol. The molecular weight excluding hydrogens is 405 g/mol. The molecule has 30 heavy (non-hydrogen) atoms. The third-order valence-electron chi connectivity index (χ3n) is 5.01. The van der Waals surface area contributed by atoms with Crippen molar-refractivity contribution in [3.63, 3.8) is 0 Å². The summed E-state index contributed by atoms with van der Waals surface area (Å²) >= 11 is 1.49. The Morgan fingerprint density at radius 3 is 2.77 bits per heavy atom. The standard InChI is InChI=1S/C21H22FN5O2S/c1-2-18(28)23-15-5-3-11-26(13-15)21(29)19-24-20(17-6-4-12-30-17)27(25-19)16-9-7-14(22)8-10-16/h4,6-10,12,15H,2-3,5,11,13H2,1H3,(H,23,28). The number of piperidine rings is 1. The van der Waals surface area contributed by atoms with Crippen LogP contribution in [0.25, 0.3) is 16.4 Å². The Morgan fingerprint density at radius 1 is 1.27 bits per heavy atom. The van der Waals surface area contributed by atoms with Crippen molar-refractivity contribution in [2.75, 3.05) is 13.1 Å². The topological polar surface area (TPSA) is 80.1 Å². The predicted molar refractivity (Wildman–Crippen MR) is 112 cm³/mol. The number of rotatable bonds is 5. The molecule has 0 bridgehead atoms. The third-order valence-corrected chi connectivity index (χ3v) is 5.87. The number of halogens is 1. The van der Waals surface area contributed by atoms with Gasteiger partial charge >= 0.3 is 0 Å². The Bertz CT molecular complexity index is 1030. The van der Waals surface area contributed by atoms with Crippen molar-refractivity contribution in [3.05, 3.63) is 53.4 Å². The van der Waals surface area contributed by atoms with Crippen LogP contribution in [0.2, 0.25) is 0 Å². The second-order valence-electron chi connectivity index (χ2n) is 7.14. The van der Waals surface area contributed by atoms with Gasteiger partial charge in [0.25, 0.3) is 5.91 Å². The molecule has 1 aliphatic rings. The summed E-state index contributed by atoms with van der Waals surface area (Å²) in [6.07, 6.45) is 2.06. The first kappa shape index (κ1) is 20.2. The van der Waals surface area contributed by atoms with Gasteiger partial charge < -0.3 is 10.2 Å². The van der Waals surface area contributed by atoms with E-state index in [1.807, 2.05) is 17.5 Å². The zero-order chi connectivity index (χ0) is 21.1. The first-order valence-electron chi connectivity index (χ1n) is 9.90. The number of amides is 2. The van der Waals surface area contributed by atoms with Crippen LogP contribution < -0.4 is 5.32 Å². The maximum absolute atomic E-state index is 13.4. The largest absolute Gasteiger partial charge is 0.352 e. The van der Waals surface area contributed by atoms with Gasteiger partial charge in [0.05, 0.1) is 10.6 Å². The molecule has 0 radical (unpaired) electrons. The second-order valence-corrected chi connectivity index (χ2v) is 8.08. The number of likely N-dealkylation sites (tertiary alicyclic amines) is 1. The highest BCUT2D eigenvalue weighted by molar-refractivity contribution is 7.13. The number of hydrogen-bond donors (Lipinski definition) is 1. The molecule has 1 unspecified atom stereocenters. The molecule has 2 aromatic heterocycles. The lowest BCUT2D eigenvalue weighted by Gasteiger charge is -2.32. The summed E-state index contributed by atoms with van der Waals surface area (Å²) in [5.41, 5.74) is 0.623. The molecule has 1 aromatic carbocycles. The molecule has 9 heteroatoms. The zero-order valence-electron chi connectivity index (χ0n) is 16.5. The smallest absolute Gasteiger partial charge is 0.293 e. The van der Waals surface area contributed by atoms with Crippen molar-refractivity contribution < 1.29 is 14.0 Å². The average molecular weight is 428 g/mol. The SMILES string of the molecule is CCC(=O)NC1CCCN(C(=O)c2nc(-c3cccs3)n(-c3ccc(F)cc3)n2)C1. The van der Waals surface area contributed by atoms with Crippen LogP contribution in [0.4, 0.5) is 4.39 Å². The van der Waals surface area contributed by atoms with Crippen LogP contribution in [0, 0.1) is 5.82 Å². The number of thiophene rings is 1. The molecule has 1 N–H and O–H groups in total. The number of nitrogens with zero attached hydrogens (tertiary/aromatic N) is 4. The molecule has 0 aliphatic carbocycles. The Labute approximate surface area is 177 Å². The van der Waals surface area contributed by atoms with E-state index < -0.39 is 0 Å². The summed E-state index contributed by atoms with van der Waals surface area (Å²) in [4.78, 5) is 31.9. The number of carbonyl (C=O) groups excluding carboxylic acids is 2. The number of benzene rings is 1. The van der Waals surface area contributed by atoms with Gasteiger partial charge in [0.2, 0.25) is 11.7 Å². The normalized spacial score (nSPS) is 16.5. The lowest BCUT2D eigenvalue weighted by atomic mass is 10.1. The fraction of sp³-hybridized carbons (Fsp3) is 0.333. The van der Waals surface area contributed by atoms with Crippen LogP contribution in [0.3, 0.4) is 0 Å². The second kappa shape index (κ2) is 8.74.